The predicted octanol–water partition coefficient (Wildman–Crippen LogP) is 4.22. The van der Waals surface area contributed by atoms with Crippen LogP contribution in [0.15, 0.2) is 39.7 Å². The Hall–Kier alpha value is -1.62. The van der Waals surface area contributed by atoms with Gasteiger partial charge in [0.2, 0.25) is 0 Å². The lowest BCUT2D eigenvalue weighted by Gasteiger charge is -2.12. The van der Waals surface area contributed by atoms with Crippen LogP contribution < -0.4 is 4.72 Å². The molecular formula is C14H9BrClFN2O2S. The molecule has 0 saturated carbocycles. The molecule has 0 aromatic heterocycles. The molecule has 0 aliphatic heterocycles. The molecule has 0 radical (unpaired) electrons. The largest absolute Gasteiger partial charge is 0.277 e. The number of nitriles is 1. The summed E-state index contributed by atoms with van der Waals surface area (Å²) in [5.41, 5.74) is 0.232. The van der Waals surface area contributed by atoms with Crippen LogP contribution in [0, 0.1) is 24.1 Å². The first-order valence-corrected chi connectivity index (χ1v) is 8.58. The van der Waals surface area contributed by atoms with E-state index in [1.54, 1.807) is 18.2 Å². The SMILES string of the molecule is Cc1ccc(S(=O)(=O)Nc2c(Br)cc(Cl)c(F)c2C#N)cc1. The van der Waals surface area contributed by atoms with Crippen molar-refractivity contribution in [3.8, 4) is 6.07 Å². The fraction of sp³-hybridized carbons (Fsp3) is 0.0714. The van der Waals surface area contributed by atoms with Crippen molar-refractivity contribution in [1.29, 1.82) is 5.26 Å². The Morgan fingerprint density at radius 2 is 1.91 bits per heavy atom. The maximum atomic E-state index is 13.9. The zero-order valence-corrected chi connectivity index (χ0v) is 14.4. The second-order valence-electron chi connectivity index (χ2n) is 4.43. The molecule has 0 unspecified atom stereocenters. The third-order valence-corrected chi connectivity index (χ3v) is 5.12. The molecule has 2 rings (SSSR count). The molecule has 0 amide bonds. The Balaban J connectivity index is 2.53. The van der Waals surface area contributed by atoms with Crippen molar-refractivity contribution >= 4 is 43.2 Å². The first-order chi connectivity index (χ1) is 10.3. The molecule has 0 saturated heterocycles. The minimum atomic E-state index is -3.96. The van der Waals surface area contributed by atoms with Crippen molar-refractivity contribution in [2.45, 2.75) is 11.8 Å². The fourth-order valence-corrected chi connectivity index (χ4v) is 3.80. The topological polar surface area (TPSA) is 70.0 Å². The van der Waals surface area contributed by atoms with E-state index in [0.29, 0.717) is 0 Å². The summed E-state index contributed by atoms with van der Waals surface area (Å²) >= 11 is 8.72. The molecule has 2 aromatic carbocycles. The Labute approximate surface area is 140 Å². The zero-order chi connectivity index (χ0) is 16.5. The first kappa shape index (κ1) is 16.7. The van der Waals surface area contributed by atoms with Crippen LogP contribution in [-0.4, -0.2) is 8.42 Å². The number of nitrogens with one attached hydrogen (secondary N) is 1. The van der Waals surface area contributed by atoms with Gasteiger partial charge in [0.1, 0.15) is 11.6 Å². The zero-order valence-electron chi connectivity index (χ0n) is 11.2. The number of rotatable bonds is 3. The van der Waals surface area contributed by atoms with E-state index in [0.717, 1.165) is 5.56 Å². The summed E-state index contributed by atoms with van der Waals surface area (Å²) < 4.78 is 40.9. The molecule has 0 heterocycles. The molecule has 4 nitrogen and oxygen atoms in total. The van der Waals surface area contributed by atoms with Gasteiger partial charge in [0.05, 0.1) is 15.6 Å². The molecule has 8 heteroatoms. The second-order valence-corrected chi connectivity index (χ2v) is 7.38. The molecule has 0 atom stereocenters. The van der Waals surface area contributed by atoms with E-state index in [2.05, 4.69) is 20.7 Å². The predicted molar refractivity (Wildman–Crippen MR) is 85.8 cm³/mol. The minimum absolute atomic E-state index is 0.00393. The van der Waals surface area contributed by atoms with E-state index in [4.69, 9.17) is 16.9 Å². The van der Waals surface area contributed by atoms with Crippen molar-refractivity contribution in [3.63, 3.8) is 0 Å². The molecule has 1 N–H and O–H groups in total. The van der Waals surface area contributed by atoms with Gasteiger partial charge in [-0.2, -0.15) is 5.26 Å². The van der Waals surface area contributed by atoms with E-state index in [1.165, 1.54) is 18.2 Å². The number of hydrogen-bond donors (Lipinski definition) is 1. The average Bonchev–Trinajstić information content (AvgIpc) is 2.45. The molecule has 0 aliphatic carbocycles. The Morgan fingerprint density at radius 1 is 1.32 bits per heavy atom. The molecule has 0 bridgehead atoms. The fourth-order valence-electron chi connectivity index (χ4n) is 1.71. The van der Waals surface area contributed by atoms with Gasteiger partial charge in [-0.05, 0) is 41.1 Å². The van der Waals surface area contributed by atoms with Gasteiger partial charge >= 0.3 is 0 Å². The van der Waals surface area contributed by atoms with Gasteiger partial charge in [0.25, 0.3) is 10.0 Å². The Kier molecular flexibility index (Phi) is 4.75. The average molecular weight is 404 g/mol. The van der Waals surface area contributed by atoms with Crippen LogP contribution >= 0.6 is 27.5 Å². The maximum Gasteiger partial charge on any atom is 0.261 e. The van der Waals surface area contributed by atoms with Crippen LogP contribution in [0.4, 0.5) is 10.1 Å². The highest BCUT2D eigenvalue weighted by Crippen LogP contribution is 2.34. The van der Waals surface area contributed by atoms with Crippen LogP contribution in [0.1, 0.15) is 11.1 Å². The first-order valence-electron chi connectivity index (χ1n) is 5.93. The van der Waals surface area contributed by atoms with E-state index >= 15 is 0 Å². The van der Waals surface area contributed by atoms with Crippen LogP contribution in [0.25, 0.3) is 0 Å². The lowest BCUT2D eigenvalue weighted by Crippen LogP contribution is -2.15. The third kappa shape index (κ3) is 3.24. The number of hydrogen-bond acceptors (Lipinski definition) is 3. The monoisotopic (exact) mass is 402 g/mol. The lowest BCUT2D eigenvalue weighted by molar-refractivity contribution is 0.601. The highest BCUT2D eigenvalue weighted by Gasteiger charge is 2.22. The van der Waals surface area contributed by atoms with Crippen LogP contribution in [0.3, 0.4) is 0 Å². The summed E-state index contributed by atoms with van der Waals surface area (Å²) in [6.45, 7) is 1.82. The summed E-state index contributed by atoms with van der Waals surface area (Å²) in [5.74, 6) is -0.978. The second kappa shape index (κ2) is 6.24. The number of halogens is 3. The maximum absolute atomic E-state index is 13.9. The molecular weight excluding hydrogens is 395 g/mol. The number of nitrogens with zero attached hydrogens (tertiary/aromatic N) is 1. The van der Waals surface area contributed by atoms with Gasteiger partial charge in [0.15, 0.2) is 5.82 Å². The van der Waals surface area contributed by atoms with Crippen molar-refractivity contribution in [2.75, 3.05) is 4.72 Å². The molecule has 0 aliphatic rings. The van der Waals surface area contributed by atoms with Gasteiger partial charge in [-0.1, -0.05) is 29.3 Å². The highest BCUT2D eigenvalue weighted by molar-refractivity contribution is 9.10. The van der Waals surface area contributed by atoms with Crippen molar-refractivity contribution < 1.29 is 12.8 Å². The normalized spacial score (nSPS) is 11.0. The summed E-state index contributed by atoms with van der Waals surface area (Å²) in [4.78, 5) is 0.00393. The Bertz CT molecular complexity index is 877. The summed E-state index contributed by atoms with van der Waals surface area (Å²) in [6.07, 6.45) is 0. The number of benzene rings is 2. The summed E-state index contributed by atoms with van der Waals surface area (Å²) in [6, 6.07) is 8.91. The number of sulfonamides is 1. The van der Waals surface area contributed by atoms with Gasteiger partial charge in [-0.3, -0.25) is 4.72 Å². The van der Waals surface area contributed by atoms with Crippen LogP contribution in [0.2, 0.25) is 5.02 Å². The summed E-state index contributed by atoms with van der Waals surface area (Å²) in [5, 5.41) is 8.77. The highest BCUT2D eigenvalue weighted by atomic mass is 79.9. The van der Waals surface area contributed by atoms with E-state index < -0.39 is 21.4 Å². The van der Waals surface area contributed by atoms with Gasteiger partial charge < -0.3 is 0 Å². The molecule has 114 valence electrons. The van der Waals surface area contributed by atoms with E-state index in [1.807, 2.05) is 6.92 Å². The number of anilines is 1. The quantitative estimate of drug-likeness (QED) is 0.780. The van der Waals surface area contributed by atoms with Crippen molar-refractivity contribution in [2.24, 2.45) is 0 Å². The van der Waals surface area contributed by atoms with Crippen LogP contribution in [0.5, 0.6) is 0 Å². The third-order valence-electron chi connectivity index (χ3n) is 2.85. The lowest BCUT2D eigenvalue weighted by atomic mass is 10.2. The number of aryl methyl sites for hydroxylation is 1. The molecule has 0 spiro atoms. The van der Waals surface area contributed by atoms with Gasteiger partial charge in [-0.25, -0.2) is 12.8 Å². The van der Waals surface area contributed by atoms with Crippen molar-refractivity contribution in [3.05, 3.63) is 56.8 Å². The molecule has 2 aromatic rings. The van der Waals surface area contributed by atoms with Crippen molar-refractivity contribution in [1.82, 2.24) is 0 Å². The van der Waals surface area contributed by atoms with Gasteiger partial charge in [-0.15, -0.1) is 0 Å². The smallest absolute Gasteiger partial charge is 0.261 e. The molecule has 0 fully saturated rings. The molecule has 22 heavy (non-hydrogen) atoms. The Morgan fingerprint density at radius 3 is 2.45 bits per heavy atom. The minimum Gasteiger partial charge on any atom is -0.277 e. The standard InChI is InChI=1S/C14H9BrClFN2O2S/c1-8-2-4-9(5-3-8)22(20,21)19-14-10(7-18)13(17)12(16)6-11(14)15/h2-6,19H,1H3. The van der Waals surface area contributed by atoms with E-state index in [9.17, 15) is 12.8 Å². The summed E-state index contributed by atoms with van der Waals surface area (Å²) in [7, 11) is -3.96. The van der Waals surface area contributed by atoms with E-state index in [-0.39, 0.29) is 20.1 Å². The van der Waals surface area contributed by atoms with Crippen LogP contribution in [-0.2, 0) is 10.0 Å². The van der Waals surface area contributed by atoms with Gasteiger partial charge in [0, 0.05) is 4.47 Å².